The molecule has 7 heteroatoms. The van der Waals surface area contributed by atoms with Crippen LogP contribution in [0.4, 0.5) is 0 Å². The van der Waals surface area contributed by atoms with E-state index in [9.17, 15) is 4.79 Å². The van der Waals surface area contributed by atoms with Gasteiger partial charge in [-0.1, -0.05) is 23.2 Å². The summed E-state index contributed by atoms with van der Waals surface area (Å²) in [7, 11) is 4.12. The third kappa shape index (κ3) is 3.74. The number of aromatic nitrogens is 2. The maximum absolute atomic E-state index is 12.6. The molecule has 0 radical (unpaired) electrons. The summed E-state index contributed by atoms with van der Waals surface area (Å²) in [5.74, 6) is 0.510. The van der Waals surface area contributed by atoms with Gasteiger partial charge in [0.05, 0.1) is 15.7 Å². The van der Waals surface area contributed by atoms with Crippen LogP contribution in [0.15, 0.2) is 30.5 Å². The molecule has 1 amide bonds. The molecule has 128 valence electrons. The molecular weight excluding hydrogens is 347 g/mol. The van der Waals surface area contributed by atoms with Crippen molar-refractivity contribution < 1.29 is 4.79 Å². The Hall–Kier alpha value is -1.56. The first-order valence-electron chi connectivity index (χ1n) is 7.89. The summed E-state index contributed by atoms with van der Waals surface area (Å²) in [4.78, 5) is 16.7. The summed E-state index contributed by atoms with van der Waals surface area (Å²) in [5.41, 5.74) is 1.22. The fourth-order valence-corrected chi connectivity index (χ4v) is 3.35. The monoisotopic (exact) mass is 366 g/mol. The molecule has 2 heterocycles. The number of hydrogen-bond acceptors (Lipinski definition) is 3. The van der Waals surface area contributed by atoms with E-state index in [4.69, 9.17) is 23.2 Å². The third-order valence-corrected chi connectivity index (χ3v) is 4.91. The van der Waals surface area contributed by atoms with Crippen LogP contribution in [0.5, 0.6) is 0 Å². The second kappa shape index (κ2) is 7.13. The number of amides is 1. The van der Waals surface area contributed by atoms with Gasteiger partial charge < -0.3 is 9.80 Å². The van der Waals surface area contributed by atoms with Crippen LogP contribution in [0, 0.1) is 5.92 Å². The Labute approximate surface area is 151 Å². The molecule has 1 fully saturated rings. The normalized spacial score (nSPS) is 17.7. The van der Waals surface area contributed by atoms with Crippen LogP contribution in [0.3, 0.4) is 0 Å². The van der Waals surface area contributed by atoms with E-state index in [0.29, 0.717) is 21.7 Å². The van der Waals surface area contributed by atoms with Crippen molar-refractivity contribution in [2.45, 2.75) is 6.42 Å². The quantitative estimate of drug-likeness (QED) is 0.834. The molecule has 24 heavy (non-hydrogen) atoms. The molecule has 1 atom stereocenters. The highest BCUT2D eigenvalue weighted by molar-refractivity contribution is 6.42. The molecule has 0 bridgehead atoms. The van der Waals surface area contributed by atoms with Crippen molar-refractivity contribution in [3.63, 3.8) is 0 Å². The minimum absolute atomic E-state index is 0.0185. The second-order valence-corrected chi connectivity index (χ2v) is 7.23. The molecule has 2 aromatic rings. The molecule has 1 unspecified atom stereocenters. The van der Waals surface area contributed by atoms with Crippen LogP contribution in [0.1, 0.15) is 16.9 Å². The van der Waals surface area contributed by atoms with E-state index in [-0.39, 0.29) is 5.91 Å². The van der Waals surface area contributed by atoms with Crippen molar-refractivity contribution in [2.24, 2.45) is 5.92 Å². The van der Waals surface area contributed by atoms with Gasteiger partial charge in [0.25, 0.3) is 5.91 Å². The lowest BCUT2D eigenvalue weighted by atomic mass is 10.1. The fraction of sp³-hybridized carbons (Fsp3) is 0.412. The lowest BCUT2D eigenvalue weighted by Gasteiger charge is -2.17. The van der Waals surface area contributed by atoms with Gasteiger partial charge in [0.1, 0.15) is 0 Å². The van der Waals surface area contributed by atoms with E-state index in [1.54, 1.807) is 29.1 Å². The molecule has 0 aliphatic carbocycles. The van der Waals surface area contributed by atoms with Gasteiger partial charge in [-0.25, -0.2) is 4.68 Å². The Kier molecular flexibility index (Phi) is 5.13. The molecule has 5 nitrogen and oxygen atoms in total. The number of rotatable bonds is 4. The van der Waals surface area contributed by atoms with Crippen molar-refractivity contribution in [3.05, 3.63) is 46.2 Å². The first kappa shape index (κ1) is 17.3. The summed E-state index contributed by atoms with van der Waals surface area (Å²) >= 11 is 12.0. The van der Waals surface area contributed by atoms with E-state index >= 15 is 0 Å². The summed E-state index contributed by atoms with van der Waals surface area (Å²) < 4.78 is 1.64. The zero-order chi connectivity index (χ0) is 17.3. The van der Waals surface area contributed by atoms with Crippen LogP contribution in [0.2, 0.25) is 10.0 Å². The minimum Gasteiger partial charge on any atom is -0.337 e. The molecule has 1 aromatic carbocycles. The van der Waals surface area contributed by atoms with Crippen LogP contribution < -0.4 is 0 Å². The number of likely N-dealkylation sites (tertiary alicyclic amines) is 1. The van der Waals surface area contributed by atoms with Gasteiger partial charge in [0, 0.05) is 25.8 Å². The van der Waals surface area contributed by atoms with Gasteiger partial charge in [-0.05, 0) is 50.7 Å². The number of hydrogen-bond donors (Lipinski definition) is 0. The zero-order valence-electron chi connectivity index (χ0n) is 13.7. The molecule has 1 aromatic heterocycles. The van der Waals surface area contributed by atoms with Crippen molar-refractivity contribution in [3.8, 4) is 5.69 Å². The highest BCUT2D eigenvalue weighted by Crippen LogP contribution is 2.24. The predicted molar refractivity (Wildman–Crippen MR) is 96.1 cm³/mol. The Morgan fingerprint density at radius 2 is 2.08 bits per heavy atom. The molecule has 0 saturated carbocycles. The highest BCUT2D eigenvalue weighted by atomic mass is 35.5. The zero-order valence-corrected chi connectivity index (χ0v) is 15.3. The fourth-order valence-electron chi connectivity index (χ4n) is 3.05. The topological polar surface area (TPSA) is 41.4 Å². The number of nitrogens with zero attached hydrogens (tertiary/aromatic N) is 4. The average molecular weight is 367 g/mol. The van der Waals surface area contributed by atoms with Gasteiger partial charge in [-0.3, -0.25) is 4.79 Å². The van der Waals surface area contributed by atoms with Crippen molar-refractivity contribution in [1.82, 2.24) is 19.6 Å². The Morgan fingerprint density at radius 1 is 1.29 bits per heavy atom. The molecular formula is C17H20Cl2N4O. The molecule has 0 N–H and O–H groups in total. The Balaban J connectivity index is 1.71. The average Bonchev–Trinajstić information content (AvgIpc) is 3.18. The van der Waals surface area contributed by atoms with E-state index in [1.807, 2.05) is 11.0 Å². The van der Waals surface area contributed by atoms with Crippen LogP contribution in [-0.2, 0) is 0 Å². The van der Waals surface area contributed by atoms with Gasteiger partial charge in [0.2, 0.25) is 0 Å². The highest BCUT2D eigenvalue weighted by Gasteiger charge is 2.28. The standard InChI is InChI=1S/C17H20Cl2N4O/c1-21(2)10-12-5-7-22(11-12)17(24)16-6-8-23(20-16)13-3-4-14(18)15(19)9-13/h3-4,6,8-9,12H,5,7,10-11H2,1-2H3. The number of benzene rings is 1. The smallest absolute Gasteiger partial charge is 0.274 e. The van der Waals surface area contributed by atoms with Crippen molar-refractivity contribution in [2.75, 3.05) is 33.7 Å². The van der Waals surface area contributed by atoms with E-state index in [0.717, 1.165) is 31.7 Å². The minimum atomic E-state index is -0.0185. The van der Waals surface area contributed by atoms with Crippen LogP contribution in [0.25, 0.3) is 5.69 Å². The van der Waals surface area contributed by atoms with Crippen LogP contribution in [-0.4, -0.2) is 59.2 Å². The maximum Gasteiger partial charge on any atom is 0.274 e. The first-order chi connectivity index (χ1) is 11.4. The van der Waals surface area contributed by atoms with Gasteiger partial charge in [-0.15, -0.1) is 0 Å². The van der Waals surface area contributed by atoms with Crippen LogP contribution >= 0.6 is 23.2 Å². The SMILES string of the molecule is CN(C)CC1CCN(C(=O)c2ccn(-c3ccc(Cl)c(Cl)c3)n2)C1. The Morgan fingerprint density at radius 3 is 2.79 bits per heavy atom. The van der Waals surface area contributed by atoms with Crippen molar-refractivity contribution in [1.29, 1.82) is 0 Å². The van der Waals surface area contributed by atoms with E-state index in [1.165, 1.54) is 0 Å². The number of carbonyl (C=O) groups excluding carboxylic acids is 1. The lowest BCUT2D eigenvalue weighted by molar-refractivity contribution is 0.0779. The summed E-state index contributed by atoms with van der Waals surface area (Å²) in [6.07, 6.45) is 2.80. The number of halogens is 2. The summed E-state index contributed by atoms with van der Waals surface area (Å²) in [6, 6.07) is 7.01. The van der Waals surface area contributed by atoms with E-state index in [2.05, 4.69) is 24.1 Å². The molecule has 3 rings (SSSR count). The van der Waals surface area contributed by atoms with Gasteiger partial charge >= 0.3 is 0 Å². The molecule has 1 aliphatic rings. The van der Waals surface area contributed by atoms with Gasteiger partial charge in [-0.2, -0.15) is 5.10 Å². The number of carbonyl (C=O) groups is 1. The Bertz CT molecular complexity index is 744. The molecule has 1 aliphatic heterocycles. The third-order valence-electron chi connectivity index (χ3n) is 4.17. The summed E-state index contributed by atoms with van der Waals surface area (Å²) in [6.45, 7) is 2.58. The lowest BCUT2D eigenvalue weighted by Crippen LogP contribution is -2.31. The van der Waals surface area contributed by atoms with Crippen molar-refractivity contribution >= 4 is 29.1 Å². The summed E-state index contributed by atoms with van der Waals surface area (Å²) in [5, 5.41) is 5.35. The predicted octanol–water partition coefficient (Wildman–Crippen LogP) is 3.20. The maximum atomic E-state index is 12.6. The largest absolute Gasteiger partial charge is 0.337 e. The van der Waals surface area contributed by atoms with E-state index < -0.39 is 0 Å². The second-order valence-electron chi connectivity index (χ2n) is 6.41. The van der Waals surface area contributed by atoms with Gasteiger partial charge in [0.15, 0.2) is 5.69 Å². The molecule has 1 saturated heterocycles. The first-order valence-corrected chi connectivity index (χ1v) is 8.64. The molecule has 0 spiro atoms.